The van der Waals surface area contributed by atoms with E-state index in [2.05, 4.69) is 6.07 Å². The molecule has 55 heavy (non-hydrogen) atoms. The van der Waals surface area contributed by atoms with Gasteiger partial charge in [-0.05, 0) is 75.8 Å². The predicted octanol–water partition coefficient (Wildman–Crippen LogP) is 6.31. The van der Waals surface area contributed by atoms with Gasteiger partial charge in [-0.25, -0.2) is 0 Å². The van der Waals surface area contributed by atoms with Crippen molar-refractivity contribution in [2.75, 3.05) is 0 Å². The SMILES string of the molecule is NC(=[NH2+])SCc1ccc(Cl)c2ccccc12.NC(=[NH2+])SCc1ccc(Cl)cc1Cl.O=[N+]([O-])c1c([O-])c(Cl)cc(Cl)c1Cl.O=[N+]([O-])c1ccc([O-])c([N+](=O)[O-])c1. The van der Waals surface area contributed by atoms with Gasteiger partial charge >= 0.3 is 0 Å². The monoisotopic (exact) mass is 909 g/mol. The highest BCUT2D eigenvalue weighted by molar-refractivity contribution is 8.13. The maximum atomic E-state index is 11.1. The highest BCUT2D eigenvalue weighted by atomic mass is 35.5. The highest BCUT2D eigenvalue weighted by Crippen LogP contribution is 2.42. The fourth-order valence-corrected chi connectivity index (χ4v) is 6.50. The van der Waals surface area contributed by atoms with E-state index < -0.39 is 43.3 Å². The number of benzene rings is 5. The second-order valence-electron chi connectivity index (χ2n) is 10.1. The Labute approximate surface area is 349 Å². The molecular weight excluding hydrogens is 887 g/mol. The predicted molar refractivity (Wildman–Crippen MR) is 217 cm³/mol. The van der Waals surface area contributed by atoms with Crippen LogP contribution in [0.2, 0.25) is 30.1 Å². The topological polar surface area (TPSA) is 279 Å². The first kappa shape index (κ1) is 46.7. The Morgan fingerprint density at radius 2 is 1.18 bits per heavy atom. The van der Waals surface area contributed by atoms with E-state index in [-0.39, 0.29) is 15.1 Å². The molecule has 0 bridgehead atoms. The maximum absolute atomic E-state index is 11.1. The van der Waals surface area contributed by atoms with Crippen molar-refractivity contribution < 1.29 is 35.8 Å². The average molecular weight is 912 g/mol. The van der Waals surface area contributed by atoms with Gasteiger partial charge in [0.15, 0.2) is 0 Å². The van der Waals surface area contributed by atoms with E-state index in [9.17, 15) is 40.6 Å². The van der Waals surface area contributed by atoms with Crippen molar-refractivity contribution in [3.63, 3.8) is 0 Å². The van der Waals surface area contributed by atoms with Gasteiger partial charge in [0.25, 0.3) is 27.4 Å². The van der Waals surface area contributed by atoms with E-state index in [0.717, 1.165) is 45.3 Å². The Balaban J connectivity index is 0.000000255. The molecular formula is C32H25Cl6N7O8S2. The molecule has 0 saturated carbocycles. The number of nitrogens with zero attached hydrogens (tertiary/aromatic N) is 3. The number of nitro benzene ring substituents is 3. The van der Waals surface area contributed by atoms with Gasteiger partial charge in [-0.15, -0.1) is 0 Å². The minimum absolute atomic E-state index is 0.113. The van der Waals surface area contributed by atoms with Gasteiger partial charge in [-0.3, -0.25) is 52.6 Å². The number of nitrogens with two attached hydrogens (primary N) is 4. The molecule has 0 aliphatic rings. The lowest BCUT2D eigenvalue weighted by Crippen LogP contribution is -2.43. The van der Waals surface area contributed by atoms with Crippen molar-refractivity contribution in [3.8, 4) is 11.5 Å². The normalized spacial score (nSPS) is 10.1. The van der Waals surface area contributed by atoms with Crippen LogP contribution >= 0.6 is 93.1 Å². The third-order valence-corrected chi connectivity index (χ3v) is 9.95. The summed E-state index contributed by atoms with van der Waals surface area (Å²) >= 11 is 36.9. The molecule has 0 aromatic heterocycles. The third-order valence-electron chi connectivity index (χ3n) is 6.40. The summed E-state index contributed by atoms with van der Waals surface area (Å²) in [5.74, 6) is -0.338. The van der Waals surface area contributed by atoms with E-state index in [1.54, 1.807) is 12.1 Å². The molecule has 0 spiro atoms. The molecule has 0 aliphatic heterocycles. The summed E-state index contributed by atoms with van der Waals surface area (Å²) in [5, 5.41) is 67.5. The molecule has 5 rings (SSSR count). The number of hydrogen-bond acceptors (Lipinski definition) is 10. The molecule has 0 amide bonds. The molecule has 23 heteroatoms. The van der Waals surface area contributed by atoms with Crippen LogP contribution in [0.4, 0.5) is 17.1 Å². The van der Waals surface area contributed by atoms with Gasteiger partial charge < -0.3 is 10.2 Å². The second kappa shape index (κ2) is 22.2. The Morgan fingerprint density at radius 3 is 1.71 bits per heavy atom. The van der Waals surface area contributed by atoms with Crippen LogP contribution in [0.1, 0.15) is 11.1 Å². The first-order chi connectivity index (χ1) is 25.7. The molecule has 15 nitrogen and oxygen atoms in total. The molecule has 0 saturated heterocycles. The van der Waals surface area contributed by atoms with Gasteiger partial charge in [0.2, 0.25) is 0 Å². The Morgan fingerprint density at radius 1 is 0.618 bits per heavy atom. The molecule has 0 fully saturated rings. The molecule has 0 unspecified atom stereocenters. The van der Waals surface area contributed by atoms with Crippen molar-refractivity contribution in [2.45, 2.75) is 11.5 Å². The largest absolute Gasteiger partial charge is 0.868 e. The molecule has 290 valence electrons. The van der Waals surface area contributed by atoms with E-state index >= 15 is 0 Å². The van der Waals surface area contributed by atoms with Gasteiger partial charge in [0.05, 0.1) is 25.9 Å². The van der Waals surface area contributed by atoms with Crippen LogP contribution in [0.25, 0.3) is 10.8 Å². The number of thioether (sulfide) groups is 2. The fraction of sp³-hybridized carbons (Fsp3) is 0.0625. The summed E-state index contributed by atoms with van der Waals surface area (Å²) in [5.41, 5.74) is 10.9. The van der Waals surface area contributed by atoms with Crippen LogP contribution in [0.5, 0.6) is 11.5 Å². The van der Waals surface area contributed by atoms with Crippen LogP contribution in [-0.4, -0.2) is 25.1 Å². The van der Waals surface area contributed by atoms with Gasteiger partial charge in [-0.1, -0.05) is 112 Å². The number of halogens is 6. The zero-order valence-electron chi connectivity index (χ0n) is 27.4. The first-order valence-electron chi connectivity index (χ1n) is 14.4. The van der Waals surface area contributed by atoms with E-state index in [1.807, 2.05) is 36.4 Å². The van der Waals surface area contributed by atoms with Gasteiger partial charge in [0.1, 0.15) is 5.02 Å². The lowest BCUT2D eigenvalue weighted by molar-refractivity contribution is -0.403. The van der Waals surface area contributed by atoms with Crippen LogP contribution in [0.15, 0.2) is 78.9 Å². The van der Waals surface area contributed by atoms with Crippen LogP contribution in [0.3, 0.4) is 0 Å². The average Bonchev–Trinajstić information content (AvgIpc) is 3.11. The summed E-state index contributed by atoms with van der Waals surface area (Å²) in [6.07, 6.45) is 0. The number of amidine groups is 2. The summed E-state index contributed by atoms with van der Waals surface area (Å²) in [6.45, 7) is 0. The standard InChI is InChI=1S/C12H11ClN2S.C8H8Cl2N2S.C6H2Cl3NO3.C6H4N2O5/c13-11-6-5-8(7-16-12(14)15)9-3-1-2-4-10(9)11;9-6-2-1-5(7(10)3-6)4-13-8(11)12;7-2-1-3(8)6(11)5(4(2)9)10(12)13;9-6-2-1-4(7(10)11)3-5(6)8(12)13/h1-6H,7H2,(H3,14,15);1-3H,4H2,(H3,11,12);1,11H;1-3,9H. The Hall–Kier alpha value is -4.46. The highest BCUT2D eigenvalue weighted by Gasteiger charge is 2.19. The van der Waals surface area contributed by atoms with E-state index in [0.29, 0.717) is 32.2 Å². The zero-order valence-corrected chi connectivity index (χ0v) is 33.6. The third kappa shape index (κ3) is 14.6. The molecule has 0 aliphatic carbocycles. The van der Waals surface area contributed by atoms with E-state index in [4.69, 9.17) is 91.9 Å². The van der Waals surface area contributed by atoms with Crippen LogP contribution in [-0.2, 0) is 11.5 Å². The molecule has 0 heterocycles. The number of hydrogen-bond donors (Lipinski definition) is 4. The lowest BCUT2D eigenvalue weighted by atomic mass is 10.1. The quantitative estimate of drug-likeness (QED) is 0.0460. The van der Waals surface area contributed by atoms with E-state index in [1.165, 1.54) is 29.1 Å². The van der Waals surface area contributed by atoms with Crippen molar-refractivity contribution in [1.82, 2.24) is 0 Å². The van der Waals surface area contributed by atoms with Crippen molar-refractivity contribution in [2.24, 2.45) is 11.5 Å². The smallest absolute Gasteiger partial charge is 0.300 e. The first-order valence-corrected chi connectivity index (χ1v) is 18.7. The number of non-ortho nitro benzene ring substituents is 1. The Bertz CT molecular complexity index is 2230. The van der Waals surface area contributed by atoms with Gasteiger partial charge in [0, 0.05) is 43.0 Å². The number of fused-ring (bicyclic) bond motifs is 1. The molecule has 5 aromatic carbocycles. The summed E-state index contributed by atoms with van der Waals surface area (Å²) in [6, 6.07) is 20.8. The number of rotatable bonds is 7. The van der Waals surface area contributed by atoms with Crippen molar-refractivity contribution in [3.05, 3.63) is 150 Å². The summed E-state index contributed by atoms with van der Waals surface area (Å²) in [7, 11) is 0. The second-order valence-corrected chi connectivity index (χ2v) is 14.7. The maximum Gasteiger partial charge on any atom is 0.300 e. The summed E-state index contributed by atoms with van der Waals surface area (Å²) in [4.78, 5) is 28.0. The summed E-state index contributed by atoms with van der Waals surface area (Å²) < 4.78 is 0. The van der Waals surface area contributed by atoms with Crippen LogP contribution in [0, 0.1) is 30.3 Å². The van der Waals surface area contributed by atoms with Crippen molar-refractivity contribution >= 4 is 131 Å². The minimum Gasteiger partial charge on any atom is -0.868 e. The Kier molecular flexibility index (Phi) is 18.8. The molecule has 8 N–H and O–H groups in total. The van der Waals surface area contributed by atoms with Crippen molar-refractivity contribution in [1.29, 1.82) is 0 Å². The molecule has 0 radical (unpaired) electrons. The van der Waals surface area contributed by atoms with Crippen LogP contribution < -0.4 is 32.5 Å². The fourth-order valence-electron chi connectivity index (χ4n) is 3.90. The minimum atomic E-state index is -0.949. The lowest BCUT2D eigenvalue weighted by Gasteiger charge is -2.10. The zero-order chi connectivity index (χ0) is 41.6. The number of nitro groups is 3. The van der Waals surface area contributed by atoms with Gasteiger partial charge in [-0.2, -0.15) is 0 Å². The molecule has 0 atom stereocenters. The molecule has 5 aromatic rings.